The van der Waals surface area contributed by atoms with Gasteiger partial charge in [0, 0.05) is 0 Å². The van der Waals surface area contributed by atoms with E-state index in [2.05, 4.69) is 4.79 Å². The summed E-state index contributed by atoms with van der Waals surface area (Å²) in [6.45, 7) is 0. The molecule has 0 fully saturated rings. The molecule has 0 aromatic heterocycles. The van der Waals surface area contributed by atoms with Gasteiger partial charge in [0.25, 0.3) is 0 Å². The Morgan fingerprint density at radius 3 is 2.31 bits per heavy atom. The van der Waals surface area contributed by atoms with Gasteiger partial charge in [-0.05, 0) is 12.1 Å². The molecule has 0 heterocycles. The fourth-order valence-electron chi connectivity index (χ4n) is 1.15. The molecule has 0 amide bonds. The van der Waals surface area contributed by atoms with Crippen molar-refractivity contribution in [3.8, 4) is 0 Å². The van der Waals surface area contributed by atoms with Crippen LogP contribution in [0, 0.1) is 0 Å². The molecule has 0 aliphatic carbocycles. The highest BCUT2D eigenvalue weighted by atomic mass is 19.4. The first-order valence-electron chi connectivity index (χ1n) is 4.00. The highest BCUT2D eigenvalue weighted by Crippen LogP contribution is 2.31. The van der Waals surface area contributed by atoms with E-state index in [1.165, 1.54) is 6.07 Å². The van der Waals surface area contributed by atoms with E-state index in [-0.39, 0.29) is 0 Å². The van der Waals surface area contributed by atoms with Crippen LogP contribution in [-0.2, 0) is 11.0 Å². The molecule has 0 atom stereocenters. The number of carboxylic acid groups (broad SMARTS) is 1. The summed E-state index contributed by atoms with van der Waals surface area (Å²) in [5, 5.41) is 8.56. The van der Waals surface area contributed by atoms with Gasteiger partial charge in [0.2, 0.25) is 0 Å². The summed E-state index contributed by atoms with van der Waals surface area (Å²) in [5.41, 5.74) is 5.49. The normalized spacial score (nSPS) is 10.7. The third-order valence-corrected chi connectivity index (χ3v) is 1.79. The zero-order valence-electron chi connectivity index (χ0n) is 7.69. The summed E-state index contributed by atoms with van der Waals surface area (Å²) < 4.78 is 37.4. The fourth-order valence-corrected chi connectivity index (χ4v) is 1.15. The van der Waals surface area contributed by atoms with Gasteiger partial charge >= 0.3 is 17.9 Å². The number of nitrogens with zero attached hydrogens (tertiary/aromatic N) is 2. The van der Waals surface area contributed by atoms with Crippen LogP contribution in [0.5, 0.6) is 0 Å². The Morgan fingerprint density at radius 1 is 1.31 bits per heavy atom. The average molecular weight is 230 g/mol. The van der Waals surface area contributed by atoms with E-state index in [1.54, 1.807) is 0 Å². The van der Waals surface area contributed by atoms with Crippen LogP contribution in [0.4, 0.5) is 13.2 Å². The van der Waals surface area contributed by atoms with Crippen molar-refractivity contribution >= 4 is 11.7 Å². The van der Waals surface area contributed by atoms with Gasteiger partial charge in [-0.25, -0.2) is 4.79 Å². The highest BCUT2D eigenvalue weighted by molar-refractivity contribution is 6.40. The quantitative estimate of drug-likeness (QED) is 0.478. The molecule has 0 radical (unpaired) electrons. The van der Waals surface area contributed by atoms with E-state index in [1.807, 2.05) is 0 Å². The van der Waals surface area contributed by atoms with Crippen LogP contribution in [0.25, 0.3) is 5.53 Å². The van der Waals surface area contributed by atoms with Crippen LogP contribution < -0.4 is 0 Å². The Bertz CT molecular complexity index is 476. The van der Waals surface area contributed by atoms with Gasteiger partial charge < -0.3 is 10.6 Å². The van der Waals surface area contributed by atoms with Crippen LogP contribution in [0.15, 0.2) is 24.3 Å². The zero-order chi connectivity index (χ0) is 12.3. The molecule has 1 N–H and O–H groups in total. The Kier molecular flexibility index (Phi) is 3.10. The lowest BCUT2D eigenvalue weighted by Gasteiger charge is -2.08. The summed E-state index contributed by atoms with van der Waals surface area (Å²) in [4.78, 5) is 12.9. The van der Waals surface area contributed by atoms with Crippen molar-refractivity contribution in [3.63, 3.8) is 0 Å². The molecule has 0 saturated carbocycles. The summed E-state index contributed by atoms with van der Waals surface area (Å²) >= 11 is 0. The standard InChI is InChI=1S/C9H5F3N2O2/c10-9(11,12)6-4-2-1-3-5(6)7(14-13)8(15)16/h1-4H,(H,15,16). The minimum absolute atomic E-state index is 0.676. The lowest BCUT2D eigenvalue weighted by molar-refractivity contribution is -0.138. The lowest BCUT2D eigenvalue weighted by Crippen LogP contribution is -2.20. The summed E-state index contributed by atoms with van der Waals surface area (Å²) in [6, 6.07) is 3.97. The number of carbonyl (C=O) groups is 1. The molecule has 1 aromatic carbocycles. The third-order valence-electron chi connectivity index (χ3n) is 1.79. The predicted molar refractivity (Wildman–Crippen MR) is 46.8 cm³/mol. The molecule has 16 heavy (non-hydrogen) atoms. The van der Waals surface area contributed by atoms with Crippen molar-refractivity contribution in [1.82, 2.24) is 0 Å². The molecule has 0 aliphatic heterocycles. The van der Waals surface area contributed by atoms with Crippen molar-refractivity contribution in [2.45, 2.75) is 6.18 Å². The van der Waals surface area contributed by atoms with E-state index in [0.29, 0.717) is 6.07 Å². The Labute approximate surface area is 87.6 Å². The second-order valence-electron chi connectivity index (χ2n) is 2.80. The fraction of sp³-hybridized carbons (Fsp3) is 0.111. The number of hydrogen-bond donors (Lipinski definition) is 1. The first-order chi connectivity index (χ1) is 7.38. The molecule has 1 rings (SSSR count). The topological polar surface area (TPSA) is 73.7 Å². The smallest absolute Gasteiger partial charge is 0.419 e. The van der Waals surface area contributed by atoms with Crippen LogP contribution in [-0.4, -0.2) is 21.6 Å². The molecular weight excluding hydrogens is 225 g/mol. The first-order valence-corrected chi connectivity index (χ1v) is 4.00. The van der Waals surface area contributed by atoms with Gasteiger partial charge in [-0.1, -0.05) is 12.1 Å². The second-order valence-corrected chi connectivity index (χ2v) is 2.80. The van der Waals surface area contributed by atoms with Gasteiger partial charge in [0.05, 0.1) is 11.1 Å². The molecule has 0 aliphatic rings. The molecule has 0 saturated heterocycles. The number of carboxylic acids is 1. The lowest BCUT2D eigenvalue weighted by atomic mass is 10.0. The van der Waals surface area contributed by atoms with Gasteiger partial charge in [-0.15, -0.1) is 0 Å². The SMILES string of the molecule is [N-]=[N+]=C(C(=O)O)c1ccccc1C(F)(F)F. The number of benzene rings is 1. The van der Waals surface area contributed by atoms with E-state index >= 15 is 0 Å². The monoisotopic (exact) mass is 230 g/mol. The molecule has 1 aromatic rings. The zero-order valence-corrected chi connectivity index (χ0v) is 7.69. The third kappa shape index (κ3) is 2.26. The maximum Gasteiger partial charge on any atom is 0.419 e. The van der Waals surface area contributed by atoms with Crippen LogP contribution in [0.1, 0.15) is 11.1 Å². The number of rotatable bonds is 2. The largest absolute Gasteiger partial charge is 0.472 e. The number of hydrogen-bond acceptors (Lipinski definition) is 1. The number of aliphatic carboxylic acids is 1. The molecule has 4 nitrogen and oxygen atoms in total. The maximum absolute atomic E-state index is 12.5. The van der Waals surface area contributed by atoms with Crippen LogP contribution in [0.3, 0.4) is 0 Å². The van der Waals surface area contributed by atoms with Crippen molar-refractivity contribution < 1.29 is 27.9 Å². The second kappa shape index (κ2) is 4.16. The minimum Gasteiger partial charge on any atom is -0.472 e. The van der Waals surface area contributed by atoms with Gasteiger partial charge in [-0.2, -0.15) is 18.0 Å². The summed E-state index contributed by atoms with van der Waals surface area (Å²) in [6.07, 6.45) is -4.71. The molecular formula is C9H5F3N2O2. The van der Waals surface area contributed by atoms with E-state index in [4.69, 9.17) is 10.6 Å². The maximum atomic E-state index is 12.5. The van der Waals surface area contributed by atoms with Gasteiger partial charge in [0.15, 0.2) is 0 Å². The molecule has 0 unspecified atom stereocenters. The minimum atomic E-state index is -4.71. The van der Waals surface area contributed by atoms with Crippen LogP contribution in [0.2, 0.25) is 0 Å². The molecule has 0 spiro atoms. The first kappa shape index (κ1) is 11.9. The van der Waals surface area contributed by atoms with Crippen molar-refractivity contribution in [2.24, 2.45) is 0 Å². The predicted octanol–water partition coefficient (Wildman–Crippen LogP) is 1.81. The number of halogens is 3. The summed E-state index contributed by atoms with van der Waals surface area (Å²) in [5.74, 6) is -1.74. The highest BCUT2D eigenvalue weighted by Gasteiger charge is 2.38. The molecule has 84 valence electrons. The Morgan fingerprint density at radius 2 is 1.88 bits per heavy atom. The summed E-state index contributed by atoms with van der Waals surface area (Å²) in [7, 11) is 0. The van der Waals surface area contributed by atoms with E-state index < -0.39 is 29.0 Å². The average Bonchev–Trinajstić information content (AvgIpc) is 2.17. The Balaban J connectivity index is 3.46. The number of alkyl halides is 3. The van der Waals surface area contributed by atoms with Gasteiger partial charge in [-0.3, -0.25) is 0 Å². The van der Waals surface area contributed by atoms with Crippen molar-refractivity contribution in [1.29, 1.82) is 0 Å². The van der Waals surface area contributed by atoms with Crippen LogP contribution >= 0.6 is 0 Å². The van der Waals surface area contributed by atoms with E-state index in [9.17, 15) is 18.0 Å². The molecule has 0 bridgehead atoms. The van der Waals surface area contributed by atoms with E-state index in [0.717, 1.165) is 12.1 Å². The van der Waals surface area contributed by atoms with Crippen molar-refractivity contribution in [2.75, 3.05) is 0 Å². The Hall–Kier alpha value is -2.14. The molecule has 7 heteroatoms. The van der Waals surface area contributed by atoms with Crippen molar-refractivity contribution in [3.05, 3.63) is 40.9 Å². The van der Waals surface area contributed by atoms with Gasteiger partial charge in [0.1, 0.15) is 0 Å².